The highest BCUT2D eigenvalue weighted by Gasteiger charge is 2.08. The second kappa shape index (κ2) is 9.80. The zero-order valence-electron chi connectivity index (χ0n) is 16.3. The Bertz CT molecular complexity index is 883. The van der Waals surface area contributed by atoms with Crippen LogP contribution in [0.15, 0.2) is 60.7 Å². The Morgan fingerprint density at radius 2 is 1.68 bits per heavy atom. The molecule has 0 radical (unpaired) electrons. The van der Waals surface area contributed by atoms with Crippen molar-refractivity contribution >= 4 is 11.8 Å². The number of nitrogens with one attached hydrogen (secondary N) is 2. The van der Waals surface area contributed by atoms with Gasteiger partial charge in [-0.1, -0.05) is 48.5 Å². The molecule has 0 unspecified atom stereocenters. The van der Waals surface area contributed by atoms with E-state index in [9.17, 15) is 4.39 Å². The van der Waals surface area contributed by atoms with E-state index >= 15 is 0 Å². The van der Waals surface area contributed by atoms with Crippen molar-refractivity contribution in [2.75, 3.05) is 37.8 Å². The van der Waals surface area contributed by atoms with E-state index in [1.54, 1.807) is 12.1 Å². The number of hydrogen-bond donors (Lipinski definition) is 2. The first-order valence-electron chi connectivity index (χ1n) is 9.42. The van der Waals surface area contributed by atoms with Crippen molar-refractivity contribution in [2.24, 2.45) is 0 Å². The van der Waals surface area contributed by atoms with Crippen LogP contribution in [0.3, 0.4) is 0 Å². The van der Waals surface area contributed by atoms with Crippen LogP contribution >= 0.6 is 0 Å². The SMILES string of the molecule is CN(C)CCCNc1nc(NCc2ccccc2F)cc(-c2ccccc2)n1. The van der Waals surface area contributed by atoms with E-state index in [1.807, 2.05) is 42.5 Å². The summed E-state index contributed by atoms with van der Waals surface area (Å²) in [6.07, 6.45) is 0.990. The van der Waals surface area contributed by atoms with Crippen LogP contribution < -0.4 is 10.6 Å². The van der Waals surface area contributed by atoms with Crippen molar-refractivity contribution in [1.29, 1.82) is 0 Å². The van der Waals surface area contributed by atoms with Gasteiger partial charge in [-0.05, 0) is 33.1 Å². The molecule has 3 rings (SSSR count). The molecule has 0 bridgehead atoms. The van der Waals surface area contributed by atoms with E-state index in [0.717, 1.165) is 30.8 Å². The highest BCUT2D eigenvalue weighted by molar-refractivity contribution is 5.64. The first-order chi connectivity index (χ1) is 13.6. The lowest BCUT2D eigenvalue weighted by atomic mass is 10.1. The molecule has 0 amide bonds. The summed E-state index contributed by atoms with van der Waals surface area (Å²) in [4.78, 5) is 11.3. The molecule has 2 N–H and O–H groups in total. The van der Waals surface area contributed by atoms with E-state index in [2.05, 4.69) is 39.6 Å². The number of anilines is 2. The lowest BCUT2D eigenvalue weighted by molar-refractivity contribution is 0.405. The number of halogens is 1. The summed E-state index contributed by atoms with van der Waals surface area (Å²) < 4.78 is 13.9. The molecule has 3 aromatic rings. The first kappa shape index (κ1) is 19.8. The second-order valence-electron chi connectivity index (χ2n) is 6.86. The molecular weight excluding hydrogens is 353 g/mol. The summed E-state index contributed by atoms with van der Waals surface area (Å²) in [7, 11) is 4.11. The molecule has 0 fully saturated rings. The minimum atomic E-state index is -0.227. The monoisotopic (exact) mass is 379 g/mol. The molecule has 5 nitrogen and oxygen atoms in total. The van der Waals surface area contributed by atoms with Crippen LogP contribution in [0, 0.1) is 5.82 Å². The van der Waals surface area contributed by atoms with Crippen LogP contribution in [0.25, 0.3) is 11.3 Å². The fraction of sp³-hybridized carbons (Fsp3) is 0.273. The zero-order chi connectivity index (χ0) is 19.8. The van der Waals surface area contributed by atoms with Gasteiger partial charge in [-0.15, -0.1) is 0 Å². The summed E-state index contributed by atoms with van der Waals surface area (Å²) in [6, 6.07) is 18.6. The molecule has 1 aromatic heterocycles. The van der Waals surface area contributed by atoms with Crippen LogP contribution in [0.2, 0.25) is 0 Å². The average Bonchev–Trinajstić information content (AvgIpc) is 2.71. The van der Waals surface area contributed by atoms with Crippen molar-refractivity contribution in [1.82, 2.24) is 14.9 Å². The Balaban J connectivity index is 1.77. The van der Waals surface area contributed by atoms with Crippen molar-refractivity contribution in [3.63, 3.8) is 0 Å². The molecule has 0 saturated carbocycles. The molecule has 0 saturated heterocycles. The molecule has 0 aliphatic rings. The molecule has 0 aliphatic carbocycles. The van der Waals surface area contributed by atoms with Crippen LogP contribution in [-0.4, -0.2) is 42.1 Å². The van der Waals surface area contributed by atoms with Crippen molar-refractivity contribution in [3.8, 4) is 11.3 Å². The first-order valence-corrected chi connectivity index (χ1v) is 9.42. The van der Waals surface area contributed by atoms with Gasteiger partial charge < -0.3 is 15.5 Å². The van der Waals surface area contributed by atoms with Gasteiger partial charge in [0.05, 0.1) is 5.69 Å². The number of benzene rings is 2. The molecule has 0 atom stereocenters. The maximum atomic E-state index is 13.9. The van der Waals surface area contributed by atoms with E-state index in [-0.39, 0.29) is 5.82 Å². The summed E-state index contributed by atoms with van der Waals surface area (Å²) in [5.74, 6) is 0.998. The van der Waals surface area contributed by atoms with Gasteiger partial charge >= 0.3 is 0 Å². The van der Waals surface area contributed by atoms with Gasteiger partial charge in [-0.2, -0.15) is 4.98 Å². The molecule has 146 valence electrons. The van der Waals surface area contributed by atoms with Gasteiger partial charge in [0.15, 0.2) is 0 Å². The molecule has 28 heavy (non-hydrogen) atoms. The van der Waals surface area contributed by atoms with Gasteiger partial charge in [0.2, 0.25) is 5.95 Å². The van der Waals surface area contributed by atoms with Gasteiger partial charge in [-0.3, -0.25) is 0 Å². The maximum absolute atomic E-state index is 13.9. The van der Waals surface area contributed by atoms with Gasteiger partial charge in [0.1, 0.15) is 11.6 Å². The van der Waals surface area contributed by atoms with E-state index in [0.29, 0.717) is 23.9 Å². The van der Waals surface area contributed by atoms with Crippen LogP contribution in [0.5, 0.6) is 0 Å². The molecular formula is C22H26FN5. The molecule has 0 aliphatic heterocycles. The predicted molar refractivity (Wildman–Crippen MR) is 113 cm³/mol. The lowest BCUT2D eigenvalue weighted by Gasteiger charge is -2.13. The maximum Gasteiger partial charge on any atom is 0.225 e. The number of nitrogens with zero attached hydrogens (tertiary/aromatic N) is 3. The number of aromatic nitrogens is 2. The topological polar surface area (TPSA) is 53.1 Å². The average molecular weight is 379 g/mol. The quantitative estimate of drug-likeness (QED) is 0.544. The van der Waals surface area contributed by atoms with Crippen LogP contribution in [0.4, 0.5) is 16.2 Å². The Kier molecular flexibility index (Phi) is 6.92. The Morgan fingerprint density at radius 3 is 2.43 bits per heavy atom. The fourth-order valence-corrected chi connectivity index (χ4v) is 2.80. The van der Waals surface area contributed by atoms with E-state index < -0.39 is 0 Å². The number of hydrogen-bond acceptors (Lipinski definition) is 5. The van der Waals surface area contributed by atoms with Crippen LogP contribution in [0.1, 0.15) is 12.0 Å². The van der Waals surface area contributed by atoms with Crippen LogP contribution in [-0.2, 0) is 6.54 Å². The normalized spacial score (nSPS) is 10.9. The Morgan fingerprint density at radius 1 is 0.929 bits per heavy atom. The molecule has 1 heterocycles. The summed E-state index contributed by atoms with van der Waals surface area (Å²) in [6.45, 7) is 2.13. The van der Waals surface area contributed by atoms with Crippen molar-refractivity contribution in [3.05, 3.63) is 72.0 Å². The van der Waals surface area contributed by atoms with Gasteiger partial charge in [-0.25, -0.2) is 9.37 Å². The minimum Gasteiger partial charge on any atom is -0.366 e. The Hall–Kier alpha value is -2.99. The van der Waals surface area contributed by atoms with Crippen molar-refractivity contribution < 1.29 is 4.39 Å². The van der Waals surface area contributed by atoms with E-state index in [4.69, 9.17) is 0 Å². The predicted octanol–water partition coefficient (Wildman–Crippen LogP) is 4.26. The fourth-order valence-electron chi connectivity index (χ4n) is 2.80. The van der Waals surface area contributed by atoms with Gasteiger partial charge in [0, 0.05) is 30.3 Å². The van der Waals surface area contributed by atoms with Gasteiger partial charge in [0.25, 0.3) is 0 Å². The third kappa shape index (κ3) is 5.76. The van der Waals surface area contributed by atoms with Crippen molar-refractivity contribution in [2.45, 2.75) is 13.0 Å². The standard InChI is InChI=1S/C22H26FN5/c1-28(2)14-8-13-24-22-26-20(17-9-4-3-5-10-17)15-21(27-22)25-16-18-11-6-7-12-19(18)23/h3-7,9-12,15H,8,13-14,16H2,1-2H3,(H2,24,25,26,27). The second-order valence-corrected chi connectivity index (χ2v) is 6.86. The van der Waals surface area contributed by atoms with E-state index in [1.165, 1.54) is 6.07 Å². The Labute approximate surface area is 165 Å². The highest BCUT2D eigenvalue weighted by Crippen LogP contribution is 2.22. The smallest absolute Gasteiger partial charge is 0.225 e. The molecule has 2 aromatic carbocycles. The molecule has 6 heteroatoms. The third-order valence-corrected chi connectivity index (χ3v) is 4.28. The summed E-state index contributed by atoms with van der Waals surface area (Å²) in [5, 5.41) is 6.52. The third-order valence-electron chi connectivity index (χ3n) is 4.28. The lowest BCUT2D eigenvalue weighted by Crippen LogP contribution is -2.17. The number of rotatable bonds is 9. The molecule has 0 spiro atoms. The zero-order valence-corrected chi connectivity index (χ0v) is 16.3. The largest absolute Gasteiger partial charge is 0.366 e. The highest BCUT2D eigenvalue weighted by atomic mass is 19.1. The summed E-state index contributed by atoms with van der Waals surface area (Å²) >= 11 is 0. The summed E-state index contributed by atoms with van der Waals surface area (Å²) in [5.41, 5.74) is 2.43. The minimum absolute atomic E-state index is 0.227.